The first kappa shape index (κ1) is 15.7. The summed E-state index contributed by atoms with van der Waals surface area (Å²) in [6.07, 6.45) is 3.91. The van der Waals surface area contributed by atoms with E-state index in [1.54, 1.807) is 17.5 Å². The van der Waals surface area contributed by atoms with Crippen LogP contribution in [0.3, 0.4) is 0 Å². The van der Waals surface area contributed by atoms with Crippen molar-refractivity contribution in [3.8, 4) is 0 Å². The molecule has 2 atom stereocenters. The third kappa shape index (κ3) is 3.32. The first-order valence-corrected chi connectivity index (χ1v) is 9.21. The molecule has 4 rings (SSSR count). The molecule has 2 fully saturated rings. The molecule has 2 amide bonds. The van der Waals surface area contributed by atoms with E-state index in [1.807, 2.05) is 29.3 Å². The lowest BCUT2D eigenvalue weighted by atomic mass is 10.2. The molecule has 2 aromatic heterocycles. The van der Waals surface area contributed by atoms with Crippen molar-refractivity contribution in [2.45, 2.75) is 31.9 Å². The molecule has 1 aliphatic heterocycles. The predicted octanol–water partition coefficient (Wildman–Crippen LogP) is 3.28. The third-order valence-corrected chi connectivity index (χ3v) is 5.38. The lowest BCUT2D eigenvalue weighted by Gasteiger charge is -2.33. The normalized spacial score (nSPS) is 22.4. The summed E-state index contributed by atoms with van der Waals surface area (Å²) in [5, 5.41) is 6.13. The van der Waals surface area contributed by atoms with Crippen LogP contribution in [-0.2, 0) is 4.74 Å². The molecular weight excluding hydrogens is 326 g/mol. The Kier molecular flexibility index (Phi) is 4.28. The van der Waals surface area contributed by atoms with E-state index in [9.17, 15) is 4.79 Å². The fourth-order valence-electron chi connectivity index (χ4n) is 3.06. The van der Waals surface area contributed by atoms with Gasteiger partial charge in [-0.2, -0.15) is 0 Å². The molecule has 1 N–H and O–H groups in total. The van der Waals surface area contributed by atoms with Gasteiger partial charge in [-0.25, -0.2) is 9.78 Å². The van der Waals surface area contributed by atoms with Gasteiger partial charge in [0.15, 0.2) is 0 Å². The average Bonchev–Trinajstić information content (AvgIpc) is 3.10. The Labute approximate surface area is 144 Å². The van der Waals surface area contributed by atoms with Crippen molar-refractivity contribution in [3.63, 3.8) is 0 Å². The summed E-state index contributed by atoms with van der Waals surface area (Å²) in [6, 6.07) is 3.83. The number of urea groups is 1. The molecular formula is C17H21N3O3S. The maximum Gasteiger partial charge on any atom is 0.318 e. The smallest absolute Gasteiger partial charge is 0.318 e. The summed E-state index contributed by atoms with van der Waals surface area (Å²) < 4.78 is 11.4. The minimum atomic E-state index is -0.197. The van der Waals surface area contributed by atoms with Crippen LogP contribution in [0, 0.1) is 12.8 Å². The number of amides is 2. The Morgan fingerprint density at radius 3 is 3.00 bits per heavy atom. The molecule has 7 heteroatoms. The Morgan fingerprint density at radius 2 is 2.33 bits per heavy atom. The highest BCUT2D eigenvalue weighted by atomic mass is 32.1. The van der Waals surface area contributed by atoms with Crippen LogP contribution in [0.5, 0.6) is 0 Å². The van der Waals surface area contributed by atoms with Gasteiger partial charge in [0.25, 0.3) is 0 Å². The third-order valence-electron chi connectivity index (χ3n) is 4.52. The van der Waals surface area contributed by atoms with Gasteiger partial charge >= 0.3 is 6.03 Å². The van der Waals surface area contributed by atoms with E-state index in [0.717, 1.165) is 29.4 Å². The summed E-state index contributed by atoms with van der Waals surface area (Å²) >= 11 is 1.60. The monoisotopic (exact) mass is 347 g/mol. The van der Waals surface area contributed by atoms with Gasteiger partial charge in [0.2, 0.25) is 0 Å². The Morgan fingerprint density at radius 1 is 1.46 bits per heavy atom. The Hall–Kier alpha value is -1.86. The summed E-state index contributed by atoms with van der Waals surface area (Å²) in [7, 11) is 0. The van der Waals surface area contributed by atoms with Gasteiger partial charge in [-0.3, -0.25) is 0 Å². The van der Waals surface area contributed by atoms with Crippen LogP contribution in [0.1, 0.15) is 41.5 Å². The average molecular weight is 347 g/mol. The SMILES string of the molecule is Cc1ccc([C@H]2CN(C(=O)N[C@H](c3nccs3)C3CC3)CCO2)o1. The van der Waals surface area contributed by atoms with Crippen molar-refractivity contribution in [2.24, 2.45) is 5.92 Å². The van der Waals surface area contributed by atoms with Crippen LogP contribution in [0.4, 0.5) is 4.79 Å². The molecule has 0 bridgehead atoms. The minimum Gasteiger partial charge on any atom is -0.464 e. The van der Waals surface area contributed by atoms with Gasteiger partial charge in [0.05, 0.1) is 19.2 Å². The second-order valence-corrected chi connectivity index (χ2v) is 7.31. The summed E-state index contributed by atoms with van der Waals surface area (Å²) in [6.45, 7) is 3.53. The molecule has 0 aromatic carbocycles. The number of hydrogen-bond acceptors (Lipinski definition) is 5. The molecule has 1 aliphatic carbocycles. The molecule has 1 saturated heterocycles. The fourth-order valence-corrected chi connectivity index (χ4v) is 3.84. The van der Waals surface area contributed by atoms with Crippen molar-refractivity contribution in [1.29, 1.82) is 0 Å². The summed E-state index contributed by atoms with van der Waals surface area (Å²) in [5.41, 5.74) is 0. The van der Waals surface area contributed by atoms with Crippen molar-refractivity contribution in [3.05, 3.63) is 40.2 Å². The lowest BCUT2D eigenvalue weighted by molar-refractivity contribution is -0.0267. The number of furan rings is 1. The molecule has 3 heterocycles. The molecule has 2 aromatic rings. The minimum absolute atomic E-state index is 0.0321. The second-order valence-electron chi connectivity index (χ2n) is 6.39. The molecule has 0 spiro atoms. The number of rotatable bonds is 4. The van der Waals surface area contributed by atoms with Crippen molar-refractivity contribution in [1.82, 2.24) is 15.2 Å². The molecule has 128 valence electrons. The number of aromatic nitrogens is 1. The van der Waals surface area contributed by atoms with Gasteiger partial charge in [-0.05, 0) is 37.8 Å². The second kappa shape index (κ2) is 6.57. The van der Waals surface area contributed by atoms with Crippen molar-refractivity contribution in [2.75, 3.05) is 19.7 Å². The van der Waals surface area contributed by atoms with Crippen LogP contribution in [0.25, 0.3) is 0 Å². The van der Waals surface area contributed by atoms with E-state index < -0.39 is 0 Å². The number of carbonyl (C=O) groups excluding carboxylic acids is 1. The van der Waals surface area contributed by atoms with Crippen LogP contribution in [-0.4, -0.2) is 35.6 Å². The topological polar surface area (TPSA) is 67.6 Å². The first-order chi connectivity index (χ1) is 11.7. The molecule has 1 saturated carbocycles. The van der Waals surface area contributed by atoms with Crippen molar-refractivity contribution >= 4 is 17.4 Å². The van der Waals surface area contributed by atoms with E-state index in [4.69, 9.17) is 9.15 Å². The number of ether oxygens (including phenoxy) is 1. The number of carbonyl (C=O) groups is 1. The molecule has 6 nitrogen and oxygen atoms in total. The quantitative estimate of drug-likeness (QED) is 0.922. The van der Waals surface area contributed by atoms with Gasteiger partial charge in [-0.15, -0.1) is 11.3 Å². The van der Waals surface area contributed by atoms with E-state index in [2.05, 4.69) is 10.3 Å². The Balaban J connectivity index is 1.42. The van der Waals surface area contributed by atoms with Crippen LogP contribution in [0.2, 0.25) is 0 Å². The maximum atomic E-state index is 12.7. The molecule has 2 aliphatic rings. The zero-order chi connectivity index (χ0) is 16.5. The standard InChI is InChI=1S/C17H21N3O3S/c1-11-2-5-13(23-11)14-10-20(7-8-22-14)17(21)19-15(12-3-4-12)16-18-6-9-24-16/h2,5-6,9,12,14-15H,3-4,7-8,10H2,1H3,(H,19,21)/t14-,15+/m1/s1. The van der Waals surface area contributed by atoms with Crippen LogP contribution >= 0.6 is 11.3 Å². The predicted molar refractivity (Wildman–Crippen MR) is 89.8 cm³/mol. The van der Waals surface area contributed by atoms with E-state index in [0.29, 0.717) is 25.6 Å². The van der Waals surface area contributed by atoms with E-state index in [1.165, 1.54) is 0 Å². The zero-order valence-electron chi connectivity index (χ0n) is 13.6. The number of aryl methyl sites for hydroxylation is 1. The van der Waals surface area contributed by atoms with Crippen LogP contribution < -0.4 is 5.32 Å². The van der Waals surface area contributed by atoms with E-state index in [-0.39, 0.29) is 18.2 Å². The molecule has 0 radical (unpaired) electrons. The van der Waals surface area contributed by atoms with E-state index >= 15 is 0 Å². The van der Waals surface area contributed by atoms with Crippen LogP contribution in [0.15, 0.2) is 28.1 Å². The molecule has 0 unspecified atom stereocenters. The largest absolute Gasteiger partial charge is 0.464 e. The first-order valence-electron chi connectivity index (χ1n) is 8.33. The number of thiazole rings is 1. The van der Waals surface area contributed by atoms with Gasteiger partial charge in [0.1, 0.15) is 22.6 Å². The highest BCUT2D eigenvalue weighted by molar-refractivity contribution is 7.09. The Bertz CT molecular complexity index is 696. The summed E-state index contributed by atoms with van der Waals surface area (Å²) in [5.74, 6) is 2.15. The van der Waals surface area contributed by atoms with Gasteiger partial charge in [-0.1, -0.05) is 0 Å². The number of hydrogen-bond donors (Lipinski definition) is 1. The maximum absolute atomic E-state index is 12.7. The van der Waals surface area contributed by atoms with Gasteiger partial charge in [0, 0.05) is 18.1 Å². The lowest BCUT2D eigenvalue weighted by Crippen LogP contribution is -2.48. The zero-order valence-corrected chi connectivity index (χ0v) is 14.4. The fraction of sp³-hybridized carbons (Fsp3) is 0.529. The highest BCUT2D eigenvalue weighted by Crippen LogP contribution is 2.41. The van der Waals surface area contributed by atoms with Crippen molar-refractivity contribution < 1.29 is 13.9 Å². The number of nitrogens with one attached hydrogen (secondary N) is 1. The molecule has 24 heavy (non-hydrogen) atoms. The number of morpholine rings is 1. The summed E-state index contributed by atoms with van der Waals surface area (Å²) in [4.78, 5) is 18.9. The number of nitrogens with zero attached hydrogens (tertiary/aromatic N) is 2. The highest BCUT2D eigenvalue weighted by Gasteiger charge is 2.36. The van der Waals surface area contributed by atoms with Gasteiger partial charge < -0.3 is 19.4 Å².